The van der Waals surface area contributed by atoms with E-state index in [0.717, 1.165) is 0 Å². The zero-order valence-corrected chi connectivity index (χ0v) is 19.8. The van der Waals surface area contributed by atoms with Gasteiger partial charge in [-0.2, -0.15) is 12.6 Å². The molecule has 1 aliphatic heterocycles. The largest absolute Gasteiger partial charge is 0.508 e. The van der Waals surface area contributed by atoms with E-state index in [0.29, 0.717) is 12.0 Å². The predicted octanol–water partition coefficient (Wildman–Crippen LogP) is -0.898. The van der Waals surface area contributed by atoms with E-state index in [-0.39, 0.29) is 37.3 Å². The second kappa shape index (κ2) is 13.0. The predicted molar refractivity (Wildman–Crippen MR) is 127 cm³/mol. The highest BCUT2D eigenvalue weighted by Crippen LogP contribution is 2.20. The van der Waals surface area contributed by atoms with Crippen molar-refractivity contribution in [1.29, 1.82) is 0 Å². The molecule has 1 aromatic carbocycles. The van der Waals surface area contributed by atoms with Crippen LogP contribution >= 0.6 is 12.6 Å². The first-order chi connectivity index (χ1) is 16.5. The molecule has 7 N–H and O–H groups in total. The van der Waals surface area contributed by atoms with Crippen LogP contribution in [-0.4, -0.2) is 86.3 Å². The molecule has 1 aromatic rings. The summed E-state index contributed by atoms with van der Waals surface area (Å²) in [5.41, 5.74) is 6.22. The minimum absolute atomic E-state index is 0.0119. The first-order valence-corrected chi connectivity index (χ1v) is 11.7. The van der Waals surface area contributed by atoms with Crippen LogP contribution in [0.15, 0.2) is 24.3 Å². The van der Waals surface area contributed by atoms with Crippen LogP contribution in [0.4, 0.5) is 0 Å². The molecular weight excluding hydrogens is 480 g/mol. The smallest absolute Gasteiger partial charge is 0.326 e. The summed E-state index contributed by atoms with van der Waals surface area (Å²) >= 11 is 3.94. The number of nitrogens with two attached hydrogens (primary N) is 1. The van der Waals surface area contributed by atoms with Gasteiger partial charge in [0.25, 0.3) is 0 Å². The van der Waals surface area contributed by atoms with Crippen LogP contribution in [0.25, 0.3) is 0 Å². The Morgan fingerprint density at radius 2 is 1.74 bits per heavy atom. The maximum absolute atomic E-state index is 13.2. The molecule has 192 valence electrons. The average molecular weight is 511 g/mol. The molecule has 4 unspecified atom stereocenters. The maximum Gasteiger partial charge on any atom is 0.326 e. The third-order valence-electron chi connectivity index (χ3n) is 5.62. The molecular formula is C22H30N4O8S. The van der Waals surface area contributed by atoms with Gasteiger partial charge in [-0.25, -0.2) is 4.79 Å². The summed E-state index contributed by atoms with van der Waals surface area (Å²) < 4.78 is 0. The van der Waals surface area contributed by atoms with Gasteiger partial charge in [0.2, 0.25) is 17.7 Å². The third-order valence-corrected chi connectivity index (χ3v) is 6.02. The zero-order valence-electron chi connectivity index (χ0n) is 18.9. The number of nitrogens with one attached hydrogen (secondary N) is 2. The number of aliphatic carboxylic acids is 2. The fourth-order valence-corrected chi connectivity index (χ4v) is 3.89. The van der Waals surface area contributed by atoms with Crippen molar-refractivity contribution >= 4 is 42.3 Å². The number of phenolic OH excluding ortho intramolecular Hbond substituents is 1. The summed E-state index contributed by atoms with van der Waals surface area (Å²) in [5, 5.41) is 32.9. The van der Waals surface area contributed by atoms with E-state index in [2.05, 4.69) is 23.3 Å². The number of rotatable bonds is 12. The van der Waals surface area contributed by atoms with Crippen molar-refractivity contribution in [2.45, 2.75) is 56.3 Å². The molecule has 0 aliphatic carbocycles. The summed E-state index contributed by atoms with van der Waals surface area (Å²) in [6.07, 6.45) is 0.100. The number of likely N-dealkylation sites (tertiary alicyclic amines) is 1. The van der Waals surface area contributed by atoms with Gasteiger partial charge < -0.3 is 36.6 Å². The second-order valence-corrected chi connectivity index (χ2v) is 8.61. The van der Waals surface area contributed by atoms with E-state index in [1.165, 1.54) is 29.2 Å². The number of carboxylic acid groups (broad SMARTS) is 2. The Bertz CT molecular complexity index is 942. The molecule has 0 aromatic heterocycles. The quantitative estimate of drug-likeness (QED) is 0.174. The Morgan fingerprint density at radius 1 is 1.09 bits per heavy atom. The molecule has 0 spiro atoms. The molecule has 4 atom stereocenters. The summed E-state index contributed by atoms with van der Waals surface area (Å²) in [6, 6.07) is 1.39. The number of phenols is 1. The molecule has 0 saturated carbocycles. The number of amides is 3. The SMILES string of the molecule is NC(CS)C(=O)NC(CCC(=O)O)C(=O)N1CCCC1C(=O)NC(Cc1ccc(O)cc1)C(=O)O. The van der Waals surface area contributed by atoms with Crippen LogP contribution in [0.1, 0.15) is 31.2 Å². The Morgan fingerprint density at radius 3 is 2.31 bits per heavy atom. The van der Waals surface area contributed by atoms with Crippen LogP contribution in [0.3, 0.4) is 0 Å². The molecule has 1 fully saturated rings. The molecule has 35 heavy (non-hydrogen) atoms. The lowest BCUT2D eigenvalue weighted by Gasteiger charge is -2.29. The molecule has 13 heteroatoms. The van der Waals surface area contributed by atoms with Gasteiger partial charge in [-0.1, -0.05) is 12.1 Å². The fraction of sp³-hybridized carbons (Fsp3) is 0.500. The lowest BCUT2D eigenvalue weighted by atomic mass is 10.0. The van der Waals surface area contributed by atoms with Crippen LogP contribution in [0.2, 0.25) is 0 Å². The lowest BCUT2D eigenvalue weighted by Crippen LogP contribution is -2.57. The number of nitrogens with zero attached hydrogens (tertiary/aromatic N) is 1. The number of hydrogen-bond donors (Lipinski definition) is 7. The van der Waals surface area contributed by atoms with Gasteiger partial charge in [-0.3, -0.25) is 19.2 Å². The molecule has 3 amide bonds. The average Bonchev–Trinajstić information content (AvgIpc) is 3.31. The summed E-state index contributed by atoms with van der Waals surface area (Å²) in [5.74, 6) is -4.39. The van der Waals surface area contributed by atoms with Crippen molar-refractivity contribution in [1.82, 2.24) is 15.5 Å². The molecule has 1 heterocycles. The van der Waals surface area contributed by atoms with Gasteiger partial charge in [-0.05, 0) is 37.0 Å². The van der Waals surface area contributed by atoms with E-state index >= 15 is 0 Å². The van der Waals surface area contributed by atoms with E-state index in [1.807, 2.05) is 0 Å². The van der Waals surface area contributed by atoms with Gasteiger partial charge in [-0.15, -0.1) is 0 Å². The Kier molecular flexibility index (Phi) is 10.3. The Hall–Kier alpha value is -3.32. The molecule has 1 saturated heterocycles. The minimum Gasteiger partial charge on any atom is -0.508 e. The number of thiol groups is 1. The van der Waals surface area contributed by atoms with E-state index < -0.39 is 60.2 Å². The van der Waals surface area contributed by atoms with Crippen molar-refractivity contribution in [3.05, 3.63) is 29.8 Å². The first kappa shape index (κ1) is 27.9. The molecule has 1 aliphatic rings. The summed E-state index contributed by atoms with van der Waals surface area (Å²) in [6.45, 7) is 0.185. The number of carbonyl (C=O) groups is 5. The van der Waals surface area contributed by atoms with E-state index in [1.54, 1.807) is 0 Å². The zero-order chi connectivity index (χ0) is 26.1. The number of benzene rings is 1. The highest BCUT2D eigenvalue weighted by molar-refractivity contribution is 7.80. The van der Waals surface area contributed by atoms with Gasteiger partial charge in [0.1, 0.15) is 23.9 Å². The minimum atomic E-state index is -1.28. The van der Waals surface area contributed by atoms with Gasteiger partial charge >= 0.3 is 11.9 Å². The fourth-order valence-electron chi connectivity index (χ4n) is 3.73. The van der Waals surface area contributed by atoms with Crippen LogP contribution in [0, 0.1) is 0 Å². The van der Waals surface area contributed by atoms with Gasteiger partial charge in [0.05, 0.1) is 6.04 Å². The lowest BCUT2D eigenvalue weighted by molar-refractivity contribution is -0.145. The van der Waals surface area contributed by atoms with Crippen LogP contribution < -0.4 is 16.4 Å². The number of aromatic hydroxyl groups is 1. The molecule has 0 radical (unpaired) electrons. The Labute approximate surface area is 207 Å². The molecule has 12 nitrogen and oxygen atoms in total. The van der Waals surface area contributed by atoms with Crippen molar-refractivity contribution in [3.63, 3.8) is 0 Å². The normalized spacial score (nSPS) is 17.8. The maximum atomic E-state index is 13.2. The number of carbonyl (C=O) groups excluding carboxylic acids is 3. The van der Waals surface area contributed by atoms with E-state index in [9.17, 15) is 34.2 Å². The van der Waals surface area contributed by atoms with Crippen molar-refractivity contribution in [2.24, 2.45) is 5.73 Å². The second-order valence-electron chi connectivity index (χ2n) is 8.24. The Balaban J connectivity index is 2.13. The van der Waals surface area contributed by atoms with Crippen molar-refractivity contribution in [3.8, 4) is 5.75 Å². The van der Waals surface area contributed by atoms with Crippen LogP contribution in [-0.2, 0) is 30.4 Å². The summed E-state index contributed by atoms with van der Waals surface area (Å²) in [7, 11) is 0. The van der Waals surface area contributed by atoms with E-state index in [4.69, 9.17) is 10.8 Å². The molecule has 2 rings (SSSR count). The van der Waals surface area contributed by atoms with Crippen LogP contribution in [0.5, 0.6) is 5.75 Å². The standard InChI is InChI=1S/C22H30N4O8S/c23-14(11-35)19(30)24-15(7-8-18(28)29)21(32)26-9-1-2-17(26)20(31)25-16(22(33)34)10-12-3-5-13(27)6-4-12/h3-6,14-17,27,35H,1-2,7-11,23H2,(H,24,30)(H,25,31)(H,28,29)(H,33,34). The monoisotopic (exact) mass is 510 g/mol. The van der Waals surface area contributed by atoms with Gasteiger partial charge in [0, 0.05) is 25.1 Å². The van der Waals surface area contributed by atoms with Gasteiger partial charge in [0.15, 0.2) is 0 Å². The highest BCUT2D eigenvalue weighted by Gasteiger charge is 2.39. The molecule has 0 bridgehead atoms. The van der Waals surface area contributed by atoms with Crippen molar-refractivity contribution in [2.75, 3.05) is 12.3 Å². The number of carboxylic acids is 2. The first-order valence-electron chi connectivity index (χ1n) is 11.0. The third kappa shape index (κ3) is 8.14. The topological polar surface area (TPSA) is 199 Å². The summed E-state index contributed by atoms with van der Waals surface area (Å²) in [4.78, 5) is 62.4. The number of hydrogen-bond acceptors (Lipinski definition) is 8. The highest BCUT2D eigenvalue weighted by atomic mass is 32.1. The van der Waals surface area contributed by atoms with Crippen molar-refractivity contribution < 1.29 is 39.3 Å².